The Kier molecular flexibility index (Phi) is 3.29. The van der Waals surface area contributed by atoms with E-state index in [9.17, 15) is 8.42 Å². The van der Waals surface area contributed by atoms with E-state index in [0.29, 0.717) is 6.42 Å². The summed E-state index contributed by atoms with van der Waals surface area (Å²) >= 11 is 0. The molecule has 1 rings (SSSR count). The maximum absolute atomic E-state index is 10.8. The van der Waals surface area contributed by atoms with Crippen LogP contribution in [0.3, 0.4) is 0 Å². The van der Waals surface area contributed by atoms with Crippen molar-refractivity contribution < 1.29 is 8.42 Å². The van der Waals surface area contributed by atoms with Gasteiger partial charge in [0.05, 0.1) is 5.25 Å². The third kappa shape index (κ3) is 2.08. The first-order chi connectivity index (χ1) is 5.75. The van der Waals surface area contributed by atoms with Gasteiger partial charge in [-0.15, -0.1) is 0 Å². The number of hydrogen-bond donors (Lipinski definition) is 1. The van der Waals surface area contributed by atoms with E-state index < -0.39 is 10.7 Å². The van der Waals surface area contributed by atoms with Gasteiger partial charge in [0, 0.05) is 0 Å². The Morgan fingerprint density at radius 2 is 2.00 bits per heavy atom. The van der Waals surface area contributed by atoms with Crippen LogP contribution in [0.15, 0.2) is 24.3 Å². The van der Waals surface area contributed by atoms with Crippen LogP contribution in [-0.2, 0) is 10.7 Å². The number of hydrogen-bond acceptors (Lipinski definition) is 2. The highest BCUT2D eigenvalue weighted by Gasteiger charge is 2.10. The van der Waals surface area contributed by atoms with E-state index in [1.165, 1.54) is 0 Å². The molecule has 1 radical (unpaired) electrons. The van der Waals surface area contributed by atoms with Gasteiger partial charge in [-0.1, -0.05) is 31.2 Å². The average Bonchev–Trinajstić information content (AvgIpc) is 2.07. The van der Waals surface area contributed by atoms with Crippen LogP contribution in [-0.4, -0.2) is 8.42 Å². The molecule has 0 aliphatic carbocycles. The first-order valence-corrected chi connectivity index (χ1v) is 5.10. The highest BCUT2D eigenvalue weighted by Crippen LogP contribution is 2.18. The second kappa shape index (κ2) is 4.26. The Bertz CT molecular complexity index is 296. The van der Waals surface area contributed by atoms with Crippen molar-refractivity contribution in [1.82, 2.24) is 0 Å². The zero-order chi connectivity index (χ0) is 8.97. The van der Waals surface area contributed by atoms with Crippen molar-refractivity contribution in [1.29, 1.82) is 0 Å². The van der Waals surface area contributed by atoms with Crippen LogP contribution >= 0.6 is 0 Å². The summed E-state index contributed by atoms with van der Waals surface area (Å²) in [5, 5.41) is -0.338. The lowest BCUT2D eigenvalue weighted by molar-refractivity contribution is 0.599. The molecular formula is C9H11O2S. The highest BCUT2D eigenvalue weighted by molar-refractivity contribution is 7.72. The summed E-state index contributed by atoms with van der Waals surface area (Å²) in [6, 6.07) is 9.90. The Morgan fingerprint density at radius 3 is 2.42 bits per heavy atom. The van der Waals surface area contributed by atoms with Gasteiger partial charge in [-0.25, -0.2) is 8.42 Å². The van der Waals surface area contributed by atoms with Gasteiger partial charge in [-0.3, -0.25) is 0 Å². The molecule has 0 N–H and O–H groups in total. The Balaban J connectivity index is 2.95. The Labute approximate surface area is 74.2 Å². The van der Waals surface area contributed by atoms with E-state index >= 15 is 0 Å². The lowest BCUT2D eigenvalue weighted by atomic mass is 10.1. The predicted molar refractivity (Wildman–Crippen MR) is 48.6 cm³/mol. The van der Waals surface area contributed by atoms with Crippen LogP contribution in [0, 0.1) is 6.07 Å². The number of rotatable bonds is 3. The molecule has 0 aliphatic heterocycles. The van der Waals surface area contributed by atoms with Crippen molar-refractivity contribution in [2.75, 3.05) is 0 Å². The van der Waals surface area contributed by atoms with E-state index in [1.807, 2.05) is 6.92 Å². The zero-order valence-electron chi connectivity index (χ0n) is 6.86. The van der Waals surface area contributed by atoms with Gasteiger partial charge in [-0.05, 0) is 18.1 Å². The summed E-state index contributed by atoms with van der Waals surface area (Å²) in [4.78, 5) is 0. The Morgan fingerprint density at radius 1 is 1.42 bits per heavy atom. The average molecular weight is 183 g/mol. The lowest BCUT2D eigenvalue weighted by Gasteiger charge is -2.06. The van der Waals surface area contributed by atoms with Crippen molar-refractivity contribution in [3.8, 4) is 0 Å². The molecule has 1 aromatic carbocycles. The van der Waals surface area contributed by atoms with Crippen LogP contribution in [0.2, 0.25) is 0 Å². The molecule has 0 saturated heterocycles. The van der Waals surface area contributed by atoms with Crippen LogP contribution in [0.1, 0.15) is 24.2 Å². The van der Waals surface area contributed by atoms with Gasteiger partial charge in [-0.2, -0.15) is 0 Å². The summed E-state index contributed by atoms with van der Waals surface area (Å²) in [5.41, 5.74) is 0.854. The second-order valence-corrected chi connectivity index (χ2v) is 3.74. The Hall–Kier alpha value is -0.830. The molecular weight excluding hydrogens is 172 g/mol. The van der Waals surface area contributed by atoms with E-state index in [0.717, 1.165) is 5.56 Å². The van der Waals surface area contributed by atoms with Crippen molar-refractivity contribution in [2.45, 2.75) is 18.6 Å². The van der Waals surface area contributed by atoms with E-state index in [1.54, 1.807) is 24.3 Å². The van der Waals surface area contributed by atoms with Gasteiger partial charge < -0.3 is 0 Å². The molecule has 0 spiro atoms. The summed E-state index contributed by atoms with van der Waals surface area (Å²) in [6.07, 6.45) is 0.628. The molecule has 0 aromatic heterocycles. The first-order valence-electron chi connectivity index (χ1n) is 3.85. The second-order valence-electron chi connectivity index (χ2n) is 2.54. The maximum atomic E-state index is 10.8. The molecule has 3 heteroatoms. The molecule has 0 fully saturated rings. The third-order valence-corrected chi connectivity index (χ3v) is 2.94. The molecule has 1 atom stereocenters. The normalized spacial score (nSPS) is 13.2. The smallest absolute Gasteiger partial charge is 0.147 e. The van der Waals surface area contributed by atoms with Crippen LogP contribution in [0.5, 0.6) is 0 Å². The van der Waals surface area contributed by atoms with Gasteiger partial charge in [0.25, 0.3) is 0 Å². The molecule has 12 heavy (non-hydrogen) atoms. The maximum Gasteiger partial charge on any atom is 0.147 e. The van der Waals surface area contributed by atoms with E-state index in [2.05, 4.69) is 6.07 Å². The zero-order valence-corrected chi connectivity index (χ0v) is 7.75. The number of thiol groups is 1. The van der Waals surface area contributed by atoms with Crippen molar-refractivity contribution >= 4 is 10.7 Å². The van der Waals surface area contributed by atoms with Crippen molar-refractivity contribution in [3.05, 3.63) is 35.9 Å². The standard InChI is InChI=1S/C9H11O2S/c1-2-9(12(10)11)8-6-4-3-5-7-8/h4-7,9,12H,2H2,1H3. The molecule has 0 bridgehead atoms. The van der Waals surface area contributed by atoms with Gasteiger partial charge in [0.15, 0.2) is 0 Å². The fourth-order valence-corrected chi connectivity index (χ4v) is 1.84. The molecule has 1 aromatic rings. The molecule has 0 amide bonds. The summed E-state index contributed by atoms with van der Waals surface area (Å²) < 4.78 is 21.5. The lowest BCUT2D eigenvalue weighted by Crippen LogP contribution is -1.98. The SMILES string of the molecule is CCC(c1cc[c]cc1)[SH](=O)=O. The molecule has 0 saturated carbocycles. The first kappa shape index (κ1) is 9.26. The van der Waals surface area contributed by atoms with Crippen molar-refractivity contribution in [2.24, 2.45) is 0 Å². The minimum Gasteiger partial charge on any atom is -0.231 e. The van der Waals surface area contributed by atoms with Crippen LogP contribution in [0.4, 0.5) is 0 Å². The monoisotopic (exact) mass is 183 g/mol. The van der Waals surface area contributed by atoms with Crippen LogP contribution in [0.25, 0.3) is 0 Å². The van der Waals surface area contributed by atoms with E-state index in [-0.39, 0.29) is 5.25 Å². The molecule has 65 valence electrons. The molecule has 0 heterocycles. The minimum atomic E-state index is -2.35. The fourth-order valence-electron chi connectivity index (χ4n) is 1.13. The predicted octanol–water partition coefficient (Wildman–Crippen LogP) is 1.55. The summed E-state index contributed by atoms with van der Waals surface area (Å²) in [6.45, 7) is 1.87. The van der Waals surface area contributed by atoms with Gasteiger partial charge in [0.1, 0.15) is 10.7 Å². The van der Waals surface area contributed by atoms with E-state index in [4.69, 9.17) is 0 Å². The summed E-state index contributed by atoms with van der Waals surface area (Å²) in [5.74, 6) is 0. The molecule has 0 aliphatic rings. The largest absolute Gasteiger partial charge is 0.231 e. The fraction of sp³-hybridized carbons (Fsp3) is 0.333. The van der Waals surface area contributed by atoms with Crippen LogP contribution < -0.4 is 0 Å². The quantitative estimate of drug-likeness (QED) is 0.721. The minimum absolute atomic E-state index is 0.338. The highest BCUT2D eigenvalue weighted by atomic mass is 32.2. The van der Waals surface area contributed by atoms with Gasteiger partial charge >= 0.3 is 0 Å². The van der Waals surface area contributed by atoms with Gasteiger partial charge in [0.2, 0.25) is 0 Å². The third-order valence-electron chi connectivity index (χ3n) is 1.77. The topological polar surface area (TPSA) is 34.1 Å². The number of benzene rings is 1. The summed E-state index contributed by atoms with van der Waals surface area (Å²) in [7, 11) is -2.35. The van der Waals surface area contributed by atoms with Crippen molar-refractivity contribution in [3.63, 3.8) is 0 Å². The molecule has 1 unspecified atom stereocenters. The molecule has 2 nitrogen and oxygen atoms in total.